The topological polar surface area (TPSA) is 41.3 Å². The number of rotatable bonds is 6. The Morgan fingerprint density at radius 2 is 2.20 bits per heavy atom. The van der Waals surface area contributed by atoms with Crippen LogP contribution >= 0.6 is 0 Å². The monoisotopic (exact) mass is 213 g/mol. The smallest absolute Gasteiger partial charge is 0.00745 e. The molecule has 0 amide bonds. The molecular formula is C12H27N3. The summed E-state index contributed by atoms with van der Waals surface area (Å²) >= 11 is 0. The highest BCUT2D eigenvalue weighted by molar-refractivity contribution is 4.75. The maximum atomic E-state index is 5.44. The van der Waals surface area contributed by atoms with Crippen LogP contribution in [0.5, 0.6) is 0 Å². The fraction of sp³-hybridized carbons (Fsp3) is 1.00. The third-order valence-corrected chi connectivity index (χ3v) is 3.33. The highest BCUT2D eigenvalue weighted by Crippen LogP contribution is 2.20. The fourth-order valence-electron chi connectivity index (χ4n) is 2.34. The van der Waals surface area contributed by atoms with Crippen molar-refractivity contribution in [2.45, 2.75) is 39.2 Å². The van der Waals surface area contributed by atoms with E-state index in [9.17, 15) is 0 Å². The molecule has 0 spiro atoms. The molecular weight excluding hydrogens is 186 g/mol. The molecule has 1 fully saturated rings. The molecule has 1 rings (SSSR count). The molecule has 0 aliphatic carbocycles. The lowest BCUT2D eigenvalue weighted by Crippen LogP contribution is -2.40. The Balaban J connectivity index is 2.13. The number of hydrogen-bond acceptors (Lipinski definition) is 3. The predicted octanol–water partition coefficient (Wildman–Crippen LogP) is 1.05. The Kier molecular flexibility index (Phi) is 6.22. The minimum absolute atomic E-state index is 0.713. The standard InChI is InChI=1S/C12H27N3/c1-11(2)15-9-3-4-12(10-15)5-7-14-8-6-13/h11-12,14H,3-10,13H2,1-2H3. The molecule has 0 bridgehead atoms. The number of piperidine rings is 1. The van der Waals surface area contributed by atoms with Crippen LogP contribution in [0.2, 0.25) is 0 Å². The number of nitrogens with two attached hydrogens (primary N) is 1. The summed E-state index contributed by atoms with van der Waals surface area (Å²) in [5.41, 5.74) is 5.44. The molecule has 0 aromatic heterocycles. The van der Waals surface area contributed by atoms with Gasteiger partial charge >= 0.3 is 0 Å². The molecule has 1 aliphatic heterocycles. The Labute approximate surface area is 94.4 Å². The average Bonchev–Trinajstić information content (AvgIpc) is 2.25. The SMILES string of the molecule is CC(C)N1CCCC(CCNCCN)C1. The average molecular weight is 213 g/mol. The molecule has 0 aromatic rings. The van der Waals surface area contributed by atoms with E-state index in [1.165, 1.54) is 32.4 Å². The summed E-state index contributed by atoms with van der Waals surface area (Å²) in [6, 6.07) is 0.713. The zero-order valence-corrected chi connectivity index (χ0v) is 10.3. The summed E-state index contributed by atoms with van der Waals surface area (Å²) in [5.74, 6) is 0.895. The summed E-state index contributed by atoms with van der Waals surface area (Å²) < 4.78 is 0. The highest BCUT2D eigenvalue weighted by Gasteiger charge is 2.20. The van der Waals surface area contributed by atoms with E-state index in [0.29, 0.717) is 6.04 Å². The predicted molar refractivity (Wildman–Crippen MR) is 66.0 cm³/mol. The van der Waals surface area contributed by atoms with E-state index in [4.69, 9.17) is 5.73 Å². The molecule has 1 atom stereocenters. The van der Waals surface area contributed by atoms with Gasteiger partial charge in [-0.3, -0.25) is 0 Å². The summed E-state index contributed by atoms with van der Waals surface area (Å²) in [6.45, 7) is 10.0. The van der Waals surface area contributed by atoms with E-state index in [1.54, 1.807) is 0 Å². The van der Waals surface area contributed by atoms with E-state index >= 15 is 0 Å². The lowest BCUT2D eigenvalue weighted by atomic mass is 9.94. The number of nitrogens with zero attached hydrogens (tertiary/aromatic N) is 1. The zero-order chi connectivity index (χ0) is 11.1. The van der Waals surface area contributed by atoms with Crippen LogP contribution in [0.15, 0.2) is 0 Å². The largest absolute Gasteiger partial charge is 0.329 e. The van der Waals surface area contributed by atoms with Gasteiger partial charge in [-0.1, -0.05) is 0 Å². The zero-order valence-electron chi connectivity index (χ0n) is 10.3. The van der Waals surface area contributed by atoms with Crippen LogP contribution in [0.25, 0.3) is 0 Å². The van der Waals surface area contributed by atoms with Crippen molar-refractivity contribution < 1.29 is 0 Å². The molecule has 1 heterocycles. The van der Waals surface area contributed by atoms with E-state index in [2.05, 4.69) is 24.1 Å². The molecule has 0 radical (unpaired) electrons. The fourth-order valence-corrected chi connectivity index (χ4v) is 2.34. The van der Waals surface area contributed by atoms with Crippen LogP contribution in [-0.4, -0.2) is 43.7 Å². The molecule has 0 aromatic carbocycles. The number of hydrogen-bond donors (Lipinski definition) is 2. The molecule has 1 unspecified atom stereocenters. The molecule has 90 valence electrons. The molecule has 3 heteroatoms. The minimum Gasteiger partial charge on any atom is -0.329 e. The van der Waals surface area contributed by atoms with Gasteiger partial charge in [-0.2, -0.15) is 0 Å². The summed E-state index contributed by atoms with van der Waals surface area (Å²) in [5, 5.41) is 3.38. The van der Waals surface area contributed by atoms with Crippen molar-refractivity contribution in [3.05, 3.63) is 0 Å². The summed E-state index contributed by atoms with van der Waals surface area (Å²) in [7, 11) is 0. The second-order valence-electron chi connectivity index (χ2n) is 4.92. The summed E-state index contributed by atoms with van der Waals surface area (Å²) in [6.07, 6.45) is 4.09. The first-order valence-electron chi connectivity index (χ1n) is 6.39. The Hall–Kier alpha value is -0.120. The Morgan fingerprint density at radius 3 is 2.87 bits per heavy atom. The second kappa shape index (κ2) is 7.20. The number of likely N-dealkylation sites (tertiary alicyclic amines) is 1. The van der Waals surface area contributed by atoms with Crippen molar-refractivity contribution in [1.29, 1.82) is 0 Å². The Bertz CT molecular complexity index is 159. The van der Waals surface area contributed by atoms with E-state index in [1.807, 2.05) is 0 Å². The Morgan fingerprint density at radius 1 is 1.40 bits per heavy atom. The van der Waals surface area contributed by atoms with Gasteiger partial charge in [-0.25, -0.2) is 0 Å². The van der Waals surface area contributed by atoms with Gasteiger partial charge in [0.25, 0.3) is 0 Å². The molecule has 15 heavy (non-hydrogen) atoms. The molecule has 0 saturated carbocycles. The van der Waals surface area contributed by atoms with Crippen molar-refractivity contribution in [1.82, 2.24) is 10.2 Å². The van der Waals surface area contributed by atoms with E-state index in [-0.39, 0.29) is 0 Å². The van der Waals surface area contributed by atoms with Gasteiger partial charge in [-0.05, 0) is 52.1 Å². The van der Waals surface area contributed by atoms with E-state index < -0.39 is 0 Å². The van der Waals surface area contributed by atoms with Crippen molar-refractivity contribution in [2.75, 3.05) is 32.7 Å². The van der Waals surface area contributed by atoms with Gasteiger partial charge in [0, 0.05) is 25.7 Å². The lowest BCUT2D eigenvalue weighted by molar-refractivity contribution is 0.135. The van der Waals surface area contributed by atoms with Crippen LogP contribution in [-0.2, 0) is 0 Å². The van der Waals surface area contributed by atoms with Gasteiger partial charge < -0.3 is 16.0 Å². The van der Waals surface area contributed by atoms with Crippen LogP contribution in [0.4, 0.5) is 0 Å². The quantitative estimate of drug-likeness (QED) is 0.648. The normalized spacial score (nSPS) is 23.6. The number of nitrogens with one attached hydrogen (secondary N) is 1. The van der Waals surface area contributed by atoms with Gasteiger partial charge in [0.15, 0.2) is 0 Å². The maximum absolute atomic E-state index is 5.44. The first-order valence-corrected chi connectivity index (χ1v) is 6.39. The molecule has 1 aliphatic rings. The maximum Gasteiger partial charge on any atom is 0.00745 e. The van der Waals surface area contributed by atoms with Gasteiger partial charge in [0.05, 0.1) is 0 Å². The molecule has 3 N–H and O–H groups in total. The van der Waals surface area contributed by atoms with Gasteiger partial charge in [0.1, 0.15) is 0 Å². The minimum atomic E-state index is 0.713. The van der Waals surface area contributed by atoms with E-state index in [0.717, 1.165) is 25.6 Å². The van der Waals surface area contributed by atoms with Crippen molar-refractivity contribution in [3.63, 3.8) is 0 Å². The first kappa shape index (κ1) is 12.9. The third-order valence-electron chi connectivity index (χ3n) is 3.33. The lowest BCUT2D eigenvalue weighted by Gasteiger charge is -2.35. The van der Waals surface area contributed by atoms with Gasteiger partial charge in [-0.15, -0.1) is 0 Å². The van der Waals surface area contributed by atoms with Crippen LogP contribution < -0.4 is 11.1 Å². The van der Waals surface area contributed by atoms with Crippen LogP contribution in [0.1, 0.15) is 33.1 Å². The second-order valence-corrected chi connectivity index (χ2v) is 4.92. The first-order chi connectivity index (χ1) is 7.24. The van der Waals surface area contributed by atoms with Crippen molar-refractivity contribution >= 4 is 0 Å². The van der Waals surface area contributed by atoms with Crippen molar-refractivity contribution in [2.24, 2.45) is 11.7 Å². The van der Waals surface area contributed by atoms with Crippen molar-refractivity contribution in [3.8, 4) is 0 Å². The molecule has 1 saturated heterocycles. The summed E-state index contributed by atoms with van der Waals surface area (Å²) in [4.78, 5) is 2.61. The van der Waals surface area contributed by atoms with Crippen LogP contribution in [0, 0.1) is 5.92 Å². The van der Waals surface area contributed by atoms with Crippen LogP contribution in [0.3, 0.4) is 0 Å². The third kappa shape index (κ3) is 4.96. The van der Waals surface area contributed by atoms with Gasteiger partial charge in [0.2, 0.25) is 0 Å². The highest BCUT2D eigenvalue weighted by atomic mass is 15.2. The molecule has 3 nitrogen and oxygen atoms in total.